The van der Waals surface area contributed by atoms with Crippen LogP contribution in [0.2, 0.25) is 5.02 Å². The second-order valence-corrected chi connectivity index (χ2v) is 5.62. The molecule has 0 aliphatic carbocycles. The lowest BCUT2D eigenvalue weighted by atomic mass is 9.95. The third kappa shape index (κ3) is 3.61. The average molecular weight is 311 g/mol. The van der Waals surface area contributed by atoms with Crippen molar-refractivity contribution in [3.05, 3.63) is 27.4 Å². The number of ether oxygens (including phenoxy) is 1. The van der Waals surface area contributed by atoms with Gasteiger partial charge in [-0.15, -0.1) is 0 Å². The molecule has 0 saturated carbocycles. The second kappa shape index (κ2) is 5.34. The van der Waals surface area contributed by atoms with Crippen molar-refractivity contribution in [1.82, 2.24) is 0 Å². The van der Waals surface area contributed by atoms with Crippen molar-refractivity contribution in [2.24, 2.45) is 11.1 Å². The van der Waals surface area contributed by atoms with E-state index in [-0.39, 0.29) is 10.4 Å². The smallest absolute Gasteiger partial charge is 0.145 e. The zero-order valence-electron chi connectivity index (χ0n) is 9.19. The van der Waals surface area contributed by atoms with Gasteiger partial charge in [-0.2, -0.15) is 0 Å². The van der Waals surface area contributed by atoms with Crippen LogP contribution in [0.15, 0.2) is 16.6 Å². The third-order valence-corrected chi connectivity index (χ3v) is 3.06. The Morgan fingerprint density at radius 3 is 2.69 bits per heavy atom. The van der Waals surface area contributed by atoms with Gasteiger partial charge in [0.25, 0.3) is 0 Å². The maximum absolute atomic E-state index is 13.2. The van der Waals surface area contributed by atoms with Gasteiger partial charge in [0.1, 0.15) is 11.6 Å². The van der Waals surface area contributed by atoms with Gasteiger partial charge >= 0.3 is 0 Å². The van der Waals surface area contributed by atoms with E-state index in [0.29, 0.717) is 23.4 Å². The summed E-state index contributed by atoms with van der Waals surface area (Å²) in [6.07, 6.45) is 0. The number of hydrogen-bond acceptors (Lipinski definition) is 2. The predicted molar refractivity (Wildman–Crippen MR) is 67.4 cm³/mol. The fourth-order valence-electron chi connectivity index (χ4n) is 0.947. The van der Waals surface area contributed by atoms with Crippen LogP contribution in [0.4, 0.5) is 4.39 Å². The summed E-state index contributed by atoms with van der Waals surface area (Å²) in [6.45, 7) is 4.88. The van der Waals surface area contributed by atoms with Crippen molar-refractivity contribution in [2.75, 3.05) is 13.2 Å². The fourth-order valence-corrected chi connectivity index (χ4v) is 1.70. The molecular weight excluding hydrogens is 296 g/mol. The Labute approximate surface area is 108 Å². The Hall–Kier alpha value is -0.320. The largest absolute Gasteiger partial charge is 0.492 e. The molecule has 0 aliphatic heterocycles. The molecular formula is C11H14BrClFNO. The molecule has 1 rings (SSSR count). The van der Waals surface area contributed by atoms with Gasteiger partial charge in [-0.3, -0.25) is 0 Å². The number of benzene rings is 1. The molecule has 0 fully saturated rings. The number of nitrogens with two attached hydrogens (primary N) is 1. The first-order valence-electron chi connectivity index (χ1n) is 4.83. The summed E-state index contributed by atoms with van der Waals surface area (Å²) in [6, 6.07) is 2.74. The van der Waals surface area contributed by atoms with E-state index in [1.807, 2.05) is 13.8 Å². The van der Waals surface area contributed by atoms with Crippen molar-refractivity contribution in [1.29, 1.82) is 0 Å². The van der Waals surface area contributed by atoms with E-state index < -0.39 is 5.82 Å². The highest BCUT2D eigenvalue weighted by molar-refractivity contribution is 9.10. The lowest BCUT2D eigenvalue weighted by Gasteiger charge is -2.22. The first kappa shape index (κ1) is 13.7. The van der Waals surface area contributed by atoms with Crippen LogP contribution in [0.1, 0.15) is 13.8 Å². The summed E-state index contributed by atoms with van der Waals surface area (Å²) in [5.41, 5.74) is 5.43. The highest BCUT2D eigenvalue weighted by Gasteiger charge is 2.17. The quantitative estimate of drug-likeness (QED) is 0.862. The van der Waals surface area contributed by atoms with Gasteiger partial charge in [0.15, 0.2) is 0 Å². The molecule has 1 aromatic rings. The molecule has 2 nitrogen and oxygen atoms in total. The lowest BCUT2D eigenvalue weighted by molar-refractivity contribution is 0.185. The Balaban J connectivity index is 2.79. The third-order valence-electron chi connectivity index (χ3n) is 2.15. The normalized spacial score (nSPS) is 11.6. The van der Waals surface area contributed by atoms with E-state index >= 15 is 0 Å². The Morgan fingerprint density at radius 1 is 1.50 bits per heavy atom. The number of hydrogen-bond donors (Lipinski definition) is 1. The van der Waals surface area contributed by atoms with E-state index in [1.54, 1.807) is 0 Å². The maximum atomic E-state index is 13.2. The molecule has 1 aromatic carbocycles. The Morgan fingerprint density at radius 2 is 2.12 bits per heavy atom. The van der Waals surface area contributed by atoms with Gasteiger partial charge in [-0.1, -0.05) is 25.4 Å². The van der Waals surface area contributed by atoms with Gasteiger partial charge < -0.3 is 10.5 Å². The van der Waals surface area contributed by atoms with Gasteiger partial charge in [0, 0.05) is 18.0 Å². The molecule has 0 unspecified atom stereocenters. The van der Waals surface area contributed by atoms with Crippen molar-refractivity contribution in [2.45, 2.75) is 13.8 Å². The first-order chi connectivity index (χ1) is 7.35. The van der Waals surface area contributed by atoms with Crippen molar-refractivity contribution in [3.8, 4) is 5.75 Å². The molecule has 0 amide bonds. The topological polar surface area (TPSA) is 35.2 Å². The average Bonchev–Trinajstić information content (AvgIpc) is 2.22. The first-order valence-corrected chi connectivity index (χ1v) is 6.00. The van der Waals surface area contributed by atoms with Crippen LogP contribution < -0.4 is 10.5 Å². The van der Waals surface area contributed by atoms with Crippen molar-refractivity contribution in [3.63, 3.8) is 0 Å². The van der Waals surface area contributed by atoms with E-state index in [4.69, 9.17) is 22.1 Å². The maximum Gasteiger partial charge on any atom is 0.145 e. The van der Waals surface area contributed by atoms with Gasteiger partial charge in [-0.25, -0.2) is 4.39 Å². The molecule has 0 saturated heterocycles. The van der Waals surface area contributed by atoms with Crippen LogP contribution in [0.3, 0.4) is 0 Å². The molecule has 5 heteroatoms. The Bertz CT molecular complexity index is 384. The number of rotatable bonds is 4. The molecule has 0 radical (unpaired) electrons. The van der Waals surface area contributed by atoms with Crippen LogP contribution in [0.25, 0.3) is 0 Å². The molecule has 0 atom stereocenters. The minimum atomic E-state index is -0.495. The number of halogens is 3. The molecule has 0 aromatic heterocycles. The Kier molecular flexibility index (Phi) is 4.59. The zero-order valence-corrected chi connectivity index (χ0v) is 11.5. The molecule has 0 heterocycles. The van der Waals surface area contributed by atoms with Gasteiger partial charge in [-0.05, 0) is 22.0 Å². The summed E-state index contributed by atoms with van der Waals surface area (Å²) in [5.74, 6) is -0.0613. The summed E-state index contributed by atoms with van der Waals surface area (Å²) >= 11 is 8.89. The highest BCUT2D eigenvalue weighted by Crippen LogP contribution is 2.31. The SMILES string of the molecule is CC(C)(CN)COc1cc(F)c(Cl)cc1Br. The molecule has 90 valence electrons. The predicted octanol–water partition coefficient (Wildman–Crippen LogP) is 3.61. The monoisotopic (exact) mass is 309 g/mol. The zero-order chi connectivity index (χ0) is 12.3. The molecule has 0 spiro atoms. The van der Waals surface area contributed by atoms with Crippen LogP contribution in [0, 0.1) is 11.2 Å². The molecule has 2 N–H and O–H groups in total. The summed E-state index contributed by atoms with van der Waals surface area (Å²) in [4.78, 5) is 0. The van der Waals surface area contributed by atoms with Crippen LogP contribution >= 0.6 is 27.5 Å². The van der Waals surface area contributed by atoms with Crippen LogP contribution in [-0.4, -0.2) is 13.2 Å². The van der Waals surface area contributed by atoms with E-state index in [9.17, 15) is 4.39 Å². The molecule has 0 bridgehead atoms. The summed E-state index contributed by atoms with van der Waals surface area (Å²) in [5, 5.41) is 0.0670. The fraction of sp³-hybridized carbons (Fsp3) is 0.455. The second-order valence-electron chi connectivity index (χ2n) is 4.35. The molecule has 0 aliphatic rings. The van der Waals surface area contributed by atoms with E-state index in [1.165, 1.54) is 12.1 Å². The standard InChI is InChI=1S/C11H14BrClFNO/c1-11(2,5-15)6-16-10-4-9(14)8(13)3-7(10)12/h3-4H,5-6,15H2,1-2H3. The minimum absolute atomic E-state index is 0.0670. The van der Waals surface area contributed by atoms with Gasteiger partial charge in [0.05, 0.1) is 16.1 Å². The summed E-state index contributed by atoms with van der Waals surface area (Å²) < 4.78 is 19.3. The molecule has 16 heavy (non-hydrogen) atoms. The van der Waals surface area contributed by atoms with E-state index in [0.717, 1.165) is 0 Å². The van der Waals surface area contributed by atoms with Gasteiger partial charge in [0.2, 0.25) is 0 Å². The summed E-state index contributed by atoms with van der Waals surface area (Å²) in [7, 11) is 0. The van der Waals surface area contributed by atoms with Crippen molar-refractivity contribution >= 4 is 27.5 Å². The van der Waals surface area contributed by atoms with Crippen LogP contribution in [-0.2, 0) is 0 Å². The van der Waals surface area contributed by atoms with E-state index in [2.05, 4.69) is 15.9 Å². The highest BCUT2D eigenvalue weighted by atomic mass is 79.9. The minimum Gasteiger partial charge on any atom is -0.492 e. The van der Waals surface area contributed by atoms with Crippen LogP contribution in [0.5, 0.6) is 5.75 Å². The lowest BCUT2D eigenvalue weighted by Crippen LogP contribution is -2.30. The van der Waals surface area contributed by atoms with Crippen molar-refractivity contribution < 1.29 is 9.13 Å².